The van der Waals surface area contributed by atoms with Gasteiger partial charge in [-0.25, -0.2) is 0 Å². The van der Waals surface area contributed by atoms with Gasteiger partial charge < -0.3 is 15.8 Å². The van der Waals surface area contributed by atoms with Crippen LogP contribution in [-0.4, -0.2) is 31.2 Å². The Labute approximate surface area is 110 Å². The van der Waals surface area contributed by atoms with E-state index in [9.17, 15) is 4.79 Å². The van der Waals surface area contributed by atoms with Crippen molar-refractivity contribution in [2.24, 2.45) is 23.5 Å². The summed E-state index contributed by atoms with van der Waals surface area (Å²) in [6, 6.07) is 0.199. The van der Waals surface area contributed by atoms with Gasteiger partial charge in [0.1, 0.15) is 0 Å². The molecule has 1 amide bonds. The maximum absolute atomic E-state index is 12.2. The number of carbonyl (C=O) groups is 1. The van der Waals surface area contributed by atoms with Crippen molar-refractivity contribution >= 4 is 5.91 Å². The summed E-state index contributed by atoms with van der Waals surface area (Å²) in [4.78, 5) is 12.2. The highest BCUT2D eigenvalue weighted by atomic mass is 16.5. The van der Waals surface area contributed by atoms with Crippen LogP contribution in [0, 0.1) is 17.8 Å². The molecule has 1 aliphatic carbocycles. The fraction of sp³-hybridized carbons (Fsp3) is 0.929. The molecule has 1 heterocycles. The molecule has 1 saturated heterocycles. The van der Waals surface area contributed by atoms with Gasteiger partial charge in [0.15, 0.2) is 0 Å². The Morgan fingerprint density at radius 3 is 2.61 bits per heavy atom. The van der Waals surface area contributed by atoms with Crippen LogP contribution in [0.5, 0.6) is 0 Å². The van der Waals surface area contributed by atoms with Crippen LogP contribution in [0.4, 0.5) is 0 Å². The first-order chi connectivity index (χ1) is 8.59. The van der Waals surface area contributed by atoms with E-state index in [1.807, 2.05) is 0 Å². The number of nitrogens with one attached hydrogen (secondary N) is 1. The number of rotatable bonds is 3. The molecule has 4 heteroatoms. The van der Waals surface area contributed by atoms with Crippen molar-refractivity contribution in [3.63, 3.8) is 0 Å². The zero-order chi connectivity index (χ0) is 13.1. The number of hydrogen-bond acceptors (Lipinski definition) is 3. The Bertz CT molecular complexity index is 294. The molecule has 2 rings (SSSR count). The highest BCUT2D eigenvalue weighted by Crippen LogP contribution is 2.30. The third kappa shape index (κ3) is 3.04. The van der Waals surface area contributed by atoms with Gasteiger partial charge >= 0.3 is 0 Å². The van der Waals surface area contributed by atoms with Gasteiger partial charge in [0, 0.05) is 12.1 Å². The van der Waals surface area contributed by atoms with Crippen LogP contribution in [0.1, 0.15) is 39.5 Å². The minimum absolute atomic E-state index is 0.0950. The molecule has 2 aliphatic rings. The molecule has 0 aromatic carbocycles. The number of carbonyl (C=O) groups excluding carboxylic acids is 1. The SMILES string of the molecule is CC(C)C1CCCCC1NC(=O)C1COCC1N. The van der Waals surface area contributed by atoms with Gasteiger partial charge in [0.2, 0.25) is 5.91 Å². The third-order valence-electron chi connectivity index (χ3n) is 4.46. The number of hydrogen-bond donors (Lipinski definition) is 2. The lowest BCUT2D eigenvalue weighted by Gasteiger charge is -2.35. The normalized spacial score (nSPS) is 36.9. The first-order valence-corrected chi connectivity index (χ1v) is 7.23. The van der Waals surface area contributed by atoms with Crippen molar-refractivity contribution in [1.29, 1.82) is 0 Å². The van der Waals surface area contributed by atoms with E-state index in [-0.39, 0.29) is 17.9 Å². The molecule has 18 heavy (non-hydrogen) atoms. The summed E-state index contributed by atoms with van der Waals surface area (Å²) in [6.45, 7) is 5.49. The minimum atomic E-state index is -0.153. The summed E-state index contributed by atoms with van der Waals surface area (Å²) in [6.07, 6.45) is 4.86. The fourth-order valence-electron chi connectivity index (χ4n) is 3.27. The summed E-state index contributed by atoms with van der Waals surface area (Å²) in [5.74, 6) is 1.18. The lowest BCUT2D eigenvalue weighted by Crippen LogP contribution is -2.49. The van der Waals surface area contributed by atoms with Crippen LogP contribution < -0.4 is 11.1 Å². The van der Waals surface area contributed by atoms with Gasteiger partial charge in [0.25, 0.3) is 0 Å². The molecule has 1 saturated carbocycles. The standard InChI is InChI=1S/C14H26N2O2/c1-9(2)10-5-3-4-6-13(10)16-14(17)11-7-18-8-12(11)15/h9-13H,3-8,15H2,1-2H3,(H,16,17). The fourth-order valence-corrected chi connectivity index (χ4v) is 3.27. The molecule has 2 fully saturated rings. The van der Waals surface area contributed by atoms with Crippen molar-refractivity contribution < 1.29 is 9.53 Å². The second kappa shape index (κ2) is 6.02. The topological polar surface area (TPSA) is 64.3 Å². The van der Waals surface area contributed by atoms with Crippen LogP contribution in [0.25, 0.3) is 0 Å². The van der Waals surface area contributed by atoms with Crippen molar-refractivity contribution in [2.75, 3.05) is 13.2 Å². The van der Waals surface area contributed by atoms with Gasteiger partial charge in [-0.15, -0.1) is 0 Å². The van der Waals surface area contributed by atoms with Crippen LogP contribution in [0.2, 0.25) is 0 Å². The maximum atomic E-state index is 12.2. The van der Waals surface area contributed by atoms with E-state index in [1.54, 1.807) is 0 Å². The average Bonchev–Trinajstić information content (AvgIpc) is 2.76. The van der Waals surface area contributed by atoms with Crippen molar-refractivity contribution in [2.45, 2.75) is 51.6 Å². The van der Waals surface area contributed by atoms with Gasteiger partial charge in [-0.3, -0.25) is 4.79 Å². The second-order valence-corrected chi connectivity index (χ2v) is 6.12. The molecule has 4 unspecified atom stereocenters. The van der Waals surface area contributed by atoms with Crippen LogP contribution in [0.15, 0.2) is 0 Å². The third-order valence-corrected chi connectivity index (χ3v) is 4.46. The Morgan fingerprint density at radius 1 is 1.28 bits per heavy atom. The molecule has 0 radical (unpaired) electrons. The molecule has 0 aromatic heterocycles. The van der Waals surface area contributed by atoms with Gasteiger partial charge in [-0.05, 0) is 24.7 Å². The Balaban J connectivity index is 1.92. The van der Waals surface area contributed by atoms with E-state index in [4.69, 9.17) is 10.5 Å². The summed E-state index contributed by atoms with van der Waals surface area (Å²) in [7, 11) is 0. The Morgan fingerprint density at radius 2 is 2.00 bits per heavy atom. The van der Waals surface area contributed by atoms with E-state index < -0.39 is 0 Å². The lowest BCUT2D eigenvalue weighted by atomic mass is 9.77. The monoisotopic (exact) mass is 254 g/mol. The second-order valence-electron chi connectivity index (χ2n) is 6.12. The molecule has 104 valence electrons. The minimum Gasteiger partial charge on any atom is -0.379 e. The van der Waals surface area contributed by atoms with E-state index in [0.717, 1.165) is 6.42 Å². The van der Waals surface area contributed by atoms with Crippen molar-refractivity contribution in [3.05, 3.63) is 0 Å². The smallest absolute Gasteiger partial charge is 0.227 e. The zero-order valence-electron chi connectivity index (χ0n) is 11.5. The van der Waals surface area contributed by atoms with E-state index in [1.165, 1.54) is 19.3 Å². The van der Waals surface area contributed by atoms with E-state index >= 15 is 0 Å². The Hall–Kier alpha value is -0.610. The first-order valence-electron chi connectivity index (χ1n) is 7.23. The lowest BCUT2D eigenvalue weighted by molar-refractivity contribution is -0.126. The van der Waals surface area contributed by atoms with Crippen molar-refractivity contribution in [1.82, 2.24) is 5.32 Å². The van der Waals surface area contributed by atoms with Gasteiger partial charge in [0.05, 0.1) is 19.1 Å². The molecule has 4 atom stereocenters. The number of nitrogens with two attached hydrogens (primary N) is 1. The van der Waals surface area contributed by atoms with Gasteiger partial charge in [-0.1, -0.05) is 26.7 Å². The predicted molar refractivity (Wildman–Crippen MR) is 71.0 cm³/mol. The summed E-state index contributed by atoms with van der Waals surface area (Å²) in [5.41, 5.74) is 5.89. The molecule has 1 aliphatic heterocycles. The molecular weight excluding hydrogens is 228 g/mol. The summed E-state index contributed by atoms with van der Waals surface area (Å²) >= 11 is 0. The highest BCUT2D eigenvalue weighted by molar-refractivity contribution is 5.80. The van der Waals surface area contributed by atoms with Crippen LogP contribution >= 0.6 is 0 Å². The van der Waals surface area contributed by atoms with E-state index in [0.29, 0.717) is 31.1 Å². The molecule has 4 nitrogen and oxygen atoms in total. The van der Waals surface area contributed by atoms with Crippen molar-refractivity contribution in [3.8, 4) is 0 Å². The predicted octanol–water partition coefficient (Wildman–Crippen LogP) is 1.29. The van der Waals surface area contributed by atoms with Crippen LogP contribution in [-0.2, 0) is 9.53 Å². The van der Waals surface area contributed by atoms with E-state index in [2.05, 4.69) is 19.2 Å². The Kier molecular flexibility index (Phi) is 4.62. The summed E-state index contributed by atoms with van der Waals surface area (Å²) < 4.78 is 5.27. The largest absolute Gasteiger partial charge is 0.379 e. The molecule has 0 bridgehead atoms. The average molecular weight is 254 g/mol. The maximum Gasteiger partial charge on any atom is 0.227 e. The quantitative estimate of drug-likeness (QED) is 0.797. The molecule has 0 aromatic rings. The highest BCUT2D eigenvalue weighted by Gasteiger charge is 2.35. The number of ether oxygens (including phenoxy) is 1. The zero-order valence-corrected chi connectivity index (χ0v) is 11.5. The summed E-state index contributed by atoms with van der Waals surface area (Å²) in [5, 5.41) is 3.22. The van der Waals surface area contributed by atoms with Gasteiger partial charge in [-0.2, -0.15) is 0 Å². The number of amides is 1. The molecule has 3 N–H and O–H groups in total. The van der Waals surface area contributed by atoms with Crippen LogP contribution in [0.3, 0.4) is 0 Å². The first kappa shape index (κ1) is 13.8. The molecular formula is C14H26N2O2. The molecule has 0 spiro atoms.